The second kappa shape index (κ2) is 9.26. The number of hydrogen-bond acceptors (Lipinski definition) is 6. The van der Waals surface area contributed by atoms with Crippen molar-refractivity contribution >= 4 is 34.4 Å². The smallest absolute Gasteiger partial charge is 0.413 e. The van der Waals surface area contributed by atoms with E-state index in [2.05, 4.69) is 27.8 Å². The third-order valence-electron chi connectivity index (χ3n) is 6.15. The van der Waals surface area contributed by atoms with Gasteiger partial charge in [0.2, 0.25) is 0 Å². The lowest BCUT2D eigenvalue weighted by Gasteiger charge is -2.14. The van der Waals surface area contributed by atoms with Crippen LogP contribution in [0.15, 0.2) is 54.7 Å². The van der Waals surface area contributed by atoms with Crippen LogP contribution in [0.1, 0.15) is 46.0 Å². The zero-order chi connectivity index (χ0) is 23.7. The van der Waals surface area contributed by atoms with Crippen molar-refractivity contribution in [2.24, 2.45) is 5.92 Å². The molecule has 174 valence electrons. The molecule has 5 rings (SSSR count). The molecule has 3 N–H and O–H groups in total. The summed E-state index contributed by atoms with van der Waals surface area (Å²) in [6.07, 6.45) is 3.06. The Hall–Kier alpha value is -3.72. The van der Waals surface area contributed by atoms with Gasteiger partial charge in [0.05, 0.1) is 6.20 Å². The van der Waals surface area contributed by atoms with Crippen molar-refractivity contribution in [2.75, 3.05) is 11.9 Å². The topological polar surface area (TPSA) is 118 Å². The molecule has 1 fully saturated rings. The molecule has 34 heavy (non-hydrogen) atoms. The monoisotopic (exact) mass is 477 g/mol. The van der Waals surface area contributed by atoms with Gasteiger partial charge in [0.1, 0.15) is 17.5 Å². The van der Waals surface area contributed by atoms with Gasteiger partial charge in [-0.2, -0.15) is 0 Å². The highest BCUT2D eigenvalue weighted by molar-refractivity contribution is 7.17. The number of thiazole rings is 1. The number of rotatable bonds is 8. The number of ether oxygens (including phenoxy) is 1. The van der Waals surface area contributed by atoms with Gasteiger partial charge in [0.25, 0.3) is 5.91 Å². The molecule has 9 heteroatoms. The number of hydrogen-bond donors (Lipinski definition) is 3. The highest BCUT2D eigenvalue weighted by atomic mass is 32.1. The molecule has 0 saturated heterocycles. The van der Waals surface area contributed by atoms with E-state index in [1.165, 1.54) is 6.20 Å². The summed E-state index contributed by atoms with van der Waals surface area (Å²) in [5.74, 6) is -1.28. The Bertz CT molecular complexity index is 1210. The zero-order valence-corrected chi connectivity index (χ0v) is 19.0. The molecule has 2 amide bonds. The molecule has 0 aliphatic heterocycles. The summed E-state index contributed by atoms with van der Waals surface area (Å²) in [6, 6.07) is 15.2. The molecular weight excluding hydrogens is 454 g/mol. The maximum atomic E-state index is 12.4. The van der Waals surface area contributed by atoms with Crippen LogP contribution in [0.5, 0.6) is 0 Å². The molecule has 0 unspecified atom stereocenters. The van der Waals surface area contributed by atoms with Crippen LogP contribution in [0, 0.1) is 5.92 Å². The number of benzene rings is 2. The largest absolute Gasteiger partial charge is 0.480 e. The van der Waals surface area contributed by atoms with Gasteiger partial charge in [0.15, 0.2) is 5.13 Å². The lowest BCUT2D eigenvalue weighted by Crippen LogP contribution is -2.40. The van der Waals surface area contributed by atoms with Crippen LogP contribution in [-0.4, -0.2) is 40.7 Å². The van der Waals surface area contributed by atoms with E-state index in [-0.39, 0.29) is 22.5 Å². The van der Waals surface area contributed by atoms with Crippen LogP contribution in [0.4, 0.5) is 9.93 Å². The number of carboxylic acid groups (broad SMARTS) is 1. The van der Waals surface area contributed by atoms with Gasteiger partial charge in [0, 0.05) is 5.92 Å². The molecule has 0 spiro atoms. The third kappa shape index (κ3) is 4.65. The molecule has 8 nitrogen and oxygen atoms in total. The first kappa shape index (κ1) is 22.1. The summed E-state index contributed by atoms with van der Waals surface area (Å²) in [4.78, 5) is 40.6. The Morgan fingerprint density at radius 3 is 2.32 bits per heavy atom. The number of aromatic nitrogens is 1. The van der Waals surface area contributed by atoms with Crippen LogP contribution in [0.25, 0.3) is 11.1 Å². The molecule has 2 aliphatic rings. The van der Waals surface area contributed by atoms with E-state index >= 15 is 0 Å². The number of aliphatic carboxylic acids is 1. The highest BCUT2D eigenvalue weighted by Gasteiger charge is 2.31. The Balaban J connectivity index is 1.18. The number of nitrogens with one attached hydrogen (secondary N) is 2. The standard InChI is InChI=1S/C25H23N3O5S/c29-22(27-20(23(30)31)11-14-9-10-14)21-12-26-24(34-21)28-25(32)33-13-19-17-7-3-1-5-15(17)16-6-2-4-8-18(16)19/h1-8,12,14,19-20H,9-11,13H2,(H,27,29)(H,30,31)(H,26,28,32)/t20-/m0/s1. The molecule has 1 heterocycles. The normalized spacial score (nSPS) is 15.2. The van der Waals surface area contributed by atoms with Crippen molar-refractivity contribution in [3.8, 4) is 11.1 Å². The fraction of sp³-hybridized carbons (Fsp3) is 0.280. The summed E-state index contributed by atoms with van der Waals surface area (Å²) in [5, 5.41) is 14.6. The number of carbonyl (C=O) groups is 3. The first-order valence-electron chi connectivity index (χ1n) is 11.1. The van der Waals surface area contributed by atoms with Gasteiger partial charge >= 0.3 is 12.1 Å². The Kier molecular flexibility index (Phi) is 6.02. The van der Waals surface area contributed by atoms with Crippen molar-refractivity contribution in [1.29, 1.82) is 0 Å². The molecule has 2 aromatic carbocycles. The van der Waals surface area contributed by atoms with Crippen LogP contribution in [0.3, 0.4) is 0 Å². The fourth-order valence-corrected chi connectivity index (χ4v) is 5.00. The number of carboxylic acids is 1. The predicted octanol–water partition coefficient (Wildman–Crippen LogP) is 4.49. The summed E-state index contributed by atoms with van der Waals surface area (Å²) < 4.78 is 5.50. The minimum absolute atomic E-state index is 0.0600. The van der Waals surface area contributed by atoms with E-state index in [9.17, 15) is 19.5 Å². The van der Waals surface area contributed by atoms with Gasteiger partial charge in [-0.25, -0.2) is 14.6 Å². The van der Waals surface area contributed by atoms with E-state index in [1.807, 2.05) is 36.4 Å². The Labute approximate surface area is 200 Å². The van der Waals surface area contributed by atoms with Crippen molar-refractivity contribution in [2.45, 2.75) is 31.2 Å². The van der Waals surface area contributed by atoms with Gasteiger partial charge in [-0.15, -0.1) is 0 Å². The fourth-order valence-electron chi connectivity index (χ4n) is 4.30. The molecule has 3 aromatic rings. The minimum Gasteiger partial charge on any atom is -0.480 e. The zero-order valence-electron chi connectivity index (χ0n) is 18.2. The number of amides is 2. The molecule has 2 aliphatic carbocycles. The van der Waals surface area contributed by atoms with Crippen LogP contribution < -0.4 is 10.6 Å². The van der Waals surface area contributed by atoms with Gasteiger partial charge in [-0.3, -0.25) is 10.1 Å². The molecule has 1 saturated carbocycles. The summed E-state index contributed by atoms with van der Waals surface area (Å²) in [6.45, 7) is 0.167. The third-order valence-corrected chi connectivity index (χ3v) is 7.06. The van der Waals surface area contributed by atoms with Crippen LogP contribution in [-0.2, 0) is 9.53 Å². The van der Waals surface area contributed by atoms with Crippen LogP contribution >= 0.6 is 11.3 Å². The van der Waals surface area contributed by atoms with Crippen molar-refractivity contribution in [1.82, 2.24) is 10.3 Å². The summed E-state index contributed by atoms with van der Waals surface area (Å²) in [7, 11) is 0. The van der Waals surface area contributed by atoms with Crippen molar-refractivity contribution < 1.29 is 24.2 Å². The minimum atomic E-state index is -1.05. The number of nitrogens with zero attached hydrogens (tertiary/aromatic N) is 1. The Morgan fingerprint density at radius 1 is 1.06 bits per heavy atom. The van der Waals surface area contributed by atoms with E-state index in [0.717, 1.165) is 46.4 Å². The second-order valence-corrected chi connectivity index (χ2v) is 9.55. The van der Waals surface area contributed by atoms with E-state index in [0.29, 0.717) is 12.3 Å². The van der Waals surface area contributed by atoms with E-state index in [1.54, 1.807) is 0 Å². The quantitative estimate of drug-likeness (QED) is 0.440. The van der Waals surface area contributed by atoms with Crippen molar-refractivity contribution in [3.05, 3.63) is 70.7 Å². The van der Waals surface area contributed by atoms with E-state index in [4.69, 9.17) is 4.74 Å². The van der Waals surface area contributed by atoms with Gasteiger partial charge in [-0.05, 0) is 34.6 Å². The average Bonchev–Trinajstić information content (AvgIpc) is 3.43. The SMILES string of the molecule is O=C(Nc1ncc(C(=O)N[C@@H](CC2CC2)C(=O)O)s1)OCC1c2ccccc2-c2ccccc21. The first-order valence-corrected chi connectivity index (χ1v) is 11.9. The maximum Gasteiger partial charge on any atom is 0.413 e. The van der Waals surface area contributed by atoms with Gasteiger partial charge in [-0.1, -0.05) is 72.7 Å². The summed E-state index contributed by atoms with van der Waals surface area (Å²) in [5.41, 5.74) is 4.51. The molecular formula is C25H23N3O5S. The molecule has 0 bridgehead atoms. The molecule has 0 radical (unpaired) electrons. The maximum absolute atomic E-state index is 12.4. The Morgan fingerprint density at radius 2 is 1.71 bits per heavy atom. The number of anilines is 1. The molecule has 1 aromatic heterocycles. The number of fused-ring (bicyclic) bond motifs is 3. The lowest BCUT2D eigenvalue weighted by atomic mass is 9.98. The highest BCUT2D eigenvalue weighted by Crippen LogP contribution is 2.44. The van der Waals surface area contributed by atoms with Crippen molar-refractivity contribution in [3.63, 3.8) is 0 Å². The lowest BCUT2D eigenvalue weighted by molar-refractivity contribution is -0.139. The van der Waals surface area contributed by atoms with Gasteiger partial charge < -0.3 is 15.2 Å². The van der Waals surface area contributed by atoms with Crippen LogP contribution in [0.2, 0.25) is 0 Å². The summed E-state index contributed by atoms with van der Waals surface area (Å²) >= 11 is 0.965. The molecule has 1 atom stereocenters. The van der Waals surface area contributed by atoms with E-state index < -0.39 is 24.0 Å². The number of carbonyl (C=O) groups excluding carboxylic acids is 2. The second-order valence-electron chi connectivity index (χ2n) is 8.52. The predicted molar refractivity (Wildman–Crippen MR) is 127 cm³/mol. The first-order chi connectivity index (χ1) is 16.5. The average molecular weight is 478 g/mol.